The lowest BCUT2D eigenvalue weighted by atomic mass is 9.85. The van der Waals surface area contributed by atoms with Gasteiger partial charge in [0.15, 0.2) is 6.10 Å². The Labute approximate surface area is 442 Å². The predicted octanol–water partition coefficient (Wildman–Crippen LogP) is 13.4. The van der Waals surface area contributed by atoms with E-state index in [0.29, 0.717) is 12.8 Å². The van der Waals surface area contributed by atoms with Crippen LogP contribution in [0.1, 0.15) is 232 Å². The van der Waals surface area contributed by atoms with Crippen LogP contribution in [-0.4, -0.2) is 98.3 Å². The second-order valence-electron chi connectivity index (χ2n) is 19.8. The second-order valence-corrected chi connectivity index (χ2v) is 21.2. The molecule has 0 saturated heterocycles. The summed E-state index contributed by atoms with van der Waals surface area (Å²) in [6.07, 6.45) is 49.4. The van der Waals surface area contributed by atoms with Crippen molar-refractivity contribution in [2.45, 2.75) is 275 Å². The van der Waals surface area contributed by atoms with Crippen LogP contribution >= 0.6 is 7.82 Å². The largest absolute Gasteiger partial charge is 0.472 e. The molecule has 13 nitrogen and oxygen atoms in total. The molecule has 0 aromatic carbocycles. The Morgan fingerprint density at radius 3 is 1.19 bits per heavy atom. The van der Waals surface area contributed by atoms with Crippen molar-refractivity contribution in [3.8, 4) is 0 Å². The number of hydrogen-bond acceptors (Lipinski definition) is 12. The normalized spacial score (nSPS) is 20.9. The Morgan fingerprint density at radius 2 is 0.781 bits per heavy atom. The Kier molecular flexibility index (Phi) is 44.6. The number of aliphatic hydroxyl groups excluding tert-OH is 5. The summed E-state index contributed by atoms with van der Waals surface area (Å²) in [5.74, 6) is -1.11. The number of hydrogen-bond donors (Lipinski definition) is 6. The van der Waals surface area contributed by atoms with Crippen molar-refractivity contribution < 1.29 is 63.1 Å². The molecule has 1 aliphatic carbocycles. The van der Waals surface area contributed by atoms with Crippen molar-refractivity contribution in [2.24, 2.45) is 0 Å². The van der Waals surface area contributed by atoms with E-state index in [0.717, 1.165) is 96.3 Å². The third kappa shape index (κ3) is 39.4. The minimum atomic E-state index is -5.13. The summed E-state index contributed by atoms with van der Waals surface area (Å²) >= 11 is 0. The summed E-state index contributed by atoms with van der Waals surface area (Å²) in [7, 11) is -5.13. The molecule has 1 saturated carbocycles. The van der Waals surface area contributed by atoms with Crippen LogP contribution in [0, 0.1) is 0 Å². The first-order valence-electron chi connectivity index (χ1n) is 28.7. The predicted molar refractivity (Wildman–Crippen MR) is 295 cm³/mol. The number of carbonyl (C=O) groups excluding carboxylic acids is 2. The monoisotopic (exact) mass is 1050 g/mol. The molecular formula is C59H103O13P. The van der Waals surface area contributed by atoms with Gasteiger partial charge in [-0.3, -0.25) is 18.6 Å². The smallest absolute Gasteiger partial charge is 0.462 e. The van der Waals surface area contributed by atoms with Crippen LogP contribution in [-0.2, 0) is 32.7 Å². The molecule has 6 atom stereocenters. The highest BCUT2D eigenvalue weighted by molar-refractivity contribution is 7.47. The lowest BCUT2D eigenvalue weighted by Gasteiger charge is -2.41. The van der Waals surface area contributed by atoms with Crippen LogP contribution < -0.4 is 0 Å². The van der Waals surface area contributed by atoms with Crippen LogP contribution in [0.15, 0.2) is 72.9 Å². The molecule has 0 heterocycles. The molecule has 0 bridgehead atoms. The van der Waals surface area contributed by atoms with Crippen LogP contribution in [0.5, 0.6) is 0 Å². The highest BCUT2D eigenvalue weighted by Gasteiger charge is 2.51. The van der Waals surface area contributed by atoms with Gasteiger partial charge in [0.2, 0.25) is 0 Å². The summed E-state index contributed by atoms with van der Waals surface area (Å²) in [4.78, 5) is 36.0. The summed E-state index contributed by atoms with van der Waals surface area (Å²) in [5.41, 5.74) is 0. The van der Waals surface area contributed by atoms with Gasteiger partial charge in [0, 0.05) is 12.8 Å². The fourth-order valence-electron chi connectivity index (χ4n) is 8.49. The average Bonchev–Trinajstić information content (AvgIpc) is 3.37. The number of esters is 2. The highest BCUT2D eigenvalue weighted by Crippen LogP contribution is 2.47. The van der Waals surface area contributed by atoms with E-state index in [2.05, 4.69) is 86.8 Å². The third-order valence-corrected chi connectivity index (χ3v) is 14.0. The van der Waals surface area contributed by atoms with Crippen molar-refractivity contribution in [3.05, 3.63) is 72.9 Å². The van der Waals surface area contributed by atoms with Gasteiger partial charge in [-0.25, -0.2) is 4.57 Å². The van der Waals surface area contributed by atoms with Gasteiger partial charge in [-0.1, -0.05) is 209 Å². The standard InChI is InChI=1S/C59H103O13P/c1-3-5-7-9-11-13-15-17-19-21-23-25-26-28-30-32-34-36-38-40-42-44-46-48-53(61)71-51(50-70-73(67,68)72-59-57(65)55(63)54(62)56(64)58(59)66)49-69-52(60)47-45-43-41-39-37-35-33-31-29-27-24-22-20-18-16-14-12-10-8-6-4-2/h5,7,11,13,16-19,22-25,51,54-59,62-66H,3-4,6,8-10,12,14-15,20-21,26-50H2,1-2H3,(H,67,68)/b7-5-,13-11-,18-16-,19-17-,24-22-,25-23-. The van der Waals surface area contributed by atoms with Gasteiger partial charge in [0.05, 0.1) is 6.61 Å². The Bertz CT molecular complexity index is 1540. The Hall–Kier alpha value is -2.71. The molecule has 1 aliphatic rings. The number of carbonyl (C=O) groups is 2. The first-order chi connectivity index (χ1) is 35.4. The Balaban J connectivity index is 2.35. The molecule has 6 unspecified atom stereocenters. The number of allylic oxidation sites excluding steroid dienone is 12. The van der Waals surface area contributed by atoms with E-state index in [9.17, 15) is 44.6 Å². The molecule has 422 valence electrons. The van der Waals surface area contributed by atoms with Gasteiger partial charge in [0.1, 0.15) is 43.2 Å². The van der Waals surface area contributed by atoms with Crippen molar-refractivity contribution in [3.63, 3.8) is 0 Å². The van der Waals surface area contributed by atoms with Crippen molar-refractivity contribution in [1.82, 2.24) is 0 Å². The summed E-state index contributed by atoms with van der Waals surface area (Å²) in [6.45, 7) is 3.21. The highest BCUT2D eigenvalue weighted by atomic mass is 31.2. The first-order valence-corrected chi connectivity index (χ1v) is 30.2. The van der Waals surface area contributed by atoms with Gasteiger partial charge < -0.3 is 39.9 Å². The molecular weight excluding hydrogens is 948 g/mol. The molecule has 0 radical (unpaired) electrons. The van der Waals surface area contributed by atoms with Crippen molar-refractivity contribution >= 4 is 19.8 Å². The zero-order valence-electron chi connectivity index (χ0n) is 45.4. The summed E-state index contributed by atoms with van der Waals surface area (Å²) < 4.78 is 33.8. The van der Waals surface area contributed by atoms with Gasteiger partial charge >= 0.3 is 19.8 Å². The zero-order chi connectivity index (χ0) is 53.5. The van der Waals surface area contributed by atoms with Gasteiger partial charge in [-0.05, 0) is 83.5 Å². The molecule has 0 aliphatic heterocycles. The lowest BCUT2D eigenvalue weighted by Crippen LogP contribution is -2.64. The number of ether oxygens (including phenoxy) is 2. The molecule has 14 heteroatoms. The Morgan fingerprint density at radius 1 is 0.438 bits per heavy atom. The lowest BCUT2D eigenvalue weighted by molar-refractivity contribution is -0.220. The average molecular weight is 1050 g/mol. The van der Waals surface area contributed by atoms with Gasteiger partial charge in [-0.2, -0.15) is 0 Å². The number of aliphatic hydroxyl groups is 5. The molecule has 0 spiro atoms. The molecule has 0 aromatic heterocycles. The van der Waals surface area contributed by atoms with E-state index in [1.54, 1.807) is 0 Å². The number of rotatable bonds is 48. The SMILES string of the molecule is CC/C=C\C/C=C\C/C=C\C/C=C\CCCCCCCCCCCCC(=O)OC(COC(=O)CCCCCCCCCCC/C=C\C/C=C\CCCCCCC)COP(=O)(O)OC1C(O)C(O)C(O)C(O)C1O. The van der Waals surface area contributed by atoms with Crippen LogP contribution in [0.3, 0.4) is 0 Å². The summed E-state index contributed by atoms with van der Waals surface area (Å²) in [6, 6.07) is 0. The van der Waals surface area contributed by atoms with Crippen LogP contribution in [0.2, 0.25) is 0 Å². The zero-order valence-corrected chi connectivity index (χ0v) is 46.3. The van der Waals surface area contributed by atoms with E-state index in [4.69, 9.17) is 18.5 Å². The molecule has 6 N–H and O–H groups in total. The molecule has 1 rings (SSSR count). The summed E-state index contributed by atoms with van der Waals surface area (Å²) in [5, 5.41) is 50.4. The van der Waals surface area contributed by atoms with E-state index >= 15 is 0 Å². The minimum absolute atomic E-state index is 0.0877. The minimum Gasteiger partial charge on any atom is -0.462 e. The van der Waals surface area contributed by atoms with Crippen LogP contribution in [0.25, 0.3) is 0 Å². The first kappa shape index (κ1) is 68.3. The van der Waals surface area contributed by atoms with Crippen LogP contribution in [0.4, 0.5) is 0 Å². The fraction of sp³-hybridized carbons (Fsp3) is 0.763. The maximum absolute atomic E-state index is 12.9. The van der Waals surface area contributed by atoms with E-state index < -0.39 is 75.7 Å². The number of unbranched alkanes of at least 4 members (excludes halogenated alkanes) is 24. The van der Waals surface area contributed by atoms with Crippen molar-refractivity contribution in [1.29, 1.82) is 0 Å². The third-order valence-electron chi connectivity index (χ3n) is 13.0. The van der Waals surface area contributed by atoms with Crippen molar-refractivity contribution in [2.75, 3.05) is 13.2 Å². The van der Waals surface area contributed by atoms with E-state index in [-0.39, 0.29) is 12.8 Å². The maximum Gasteiger partial charge on any atom is 0.472 e. The maximum atomic E-state index is 12.9. The van der Waals surface area contributed by atoms with Gasteiger partial charge in [-0.15, -0.1) is 0 Å². The molecule has 73 heavy (non-hydrogen) atoms. The fourth-order valence-corrected chi connectivity index (χ4v) is 9.46. The molecule has 0 amide bonds. The topological polar surface area (TPSA) is 210 Å². The molecule has 0 aromatic rings. The van der Waals surface area contributed by atoms with E-state index in [1.165, 1.54) is 96.3 Å². The van der Waals surface area contributed by atoms with Gasteiger partial charge in [0.25, 0.3) is 0 Å². The number of phosphoric acid groups is 1. The molecule has 1 fully saturated rings. The van der Waals surface area contributed by atoms with E-state index in [1.807, 2.05) is 0 Å². The number of phosphoric ester groups is 1. The second kappa shape index (κ2) is 47.7. The quantitative estimate of drug-likeness (QED) is 0.0145.